The standard InChI is InChI=1S/C14H18N6O/c1-9-17-18-14(20(9)10-4-5-10)16-13(21)12-8-11(19(2)3)6-7-15-12/h6-8,10H,4-5H2,1-3H3,(H,16,18,21). The van der Waals surface area contributed by atoms with Crippen LogP contribution in [0.5, 0.6) is 0 Å². The molecule has 1 N–H and O–H groups in total. The van der Waals surface area contributed by atoms with Gasteiger partial charge < -0.3 is 4.90 Å². The highest BCUT2D eigenvalue weighted by Crippen LogP contribution is 2.37. The predicted octanol–water partition coefficient (Wildman–Crippen LogP) is 1.63. The molecule has 1 fully saturated rings. The van der Waals surface area contributed by atoms with Crippen molar-refractivity contribution in [1.29, 1.82) is 0 Å². The van der Waals surface area contributed by atoms with E-state index < -0.39 is 0 Å². The van der Waals surface area contributed by atoms with Crippen LogP contribution in [-0.2, 0) is 0 Å². The Morgan fingerprint density at radius 2 is 2.14 bits per heavy atom. The molecule has 0 radical (unpaired) electrons. The summed E-state index contributed by atoms with van der Waals surface area (Å²) in [5.41, 5.74) is 1.29. The van der Waals surface area contributed by atoms with E-state index in [2.05, 4.69) is 20.5 Å². The van der Waals surface area contributed by atoms with E-state index in [1.807, 2.05) is 36.6 Å². The van der Waals surface area contributed by atoms with Crippen LogP contribution in [0.3, 0.4) is 0 Å². The highest BCUT2D eigenvalue weighted by atomic mass is 16.2. The highest BCUT2D eigenvalue weighted by Gasteiger charge is 2.29. The lowest BCUT2D eigenvalue weighted by Gasteiger charge is -2.13. The third-order valence-electron chi connectivity index (χ3n) is 3.50. The Bertz CT molecular complexity index is 674. The van der Waals surface area contributed by atoms with Gasteiger partial charge >= 0.3 is 0 Å². The maximum absolute atomic E-state index is 12.3. The Kier molecular flexibility index (Phi) is 3.32. The van der Waals surface area contributed by atoms with Gasteiger partial charge in [-0.05, 0) is 31.9 Å². The minimum atomic E-state index is -0.270. The van der Waals surface area contributed by atoms with Gasteiger partial charge in [-0.3, -0.25) is 19.7 Å². The lowest BCUT2D eigenvalue weighted by Crippen LogP contribution is -2.18. The van der Waals surface area contributed by atoms with Crippen LogP contribution in [0.4, 0.5) is 11.6 Å². The Morgan fingerprint density at radius 1 is 1.38 bits per heavy atom. The fraction of sp³-hybridized carbons (Fsp3) is 0.429. The van der Waals surface area contributed by atoms with Crippen LogP contribution in [0.15, 0.2) is 18.3 Å². The van der Waals surface area contributed by atoms with Crippen molar-refractivity contribution >= 4 is 17.5 Å². The van der Waals surface area contributed by atoms with Gasteiger partial charge in [0.05, 0.1) is 0 Å². The number of hydrogen-bond acceptors (Lipinski definition) is 5. The summed E-state index contributed by atoms with van der Waals surface area (Å²) in [5, 5.41) is 10.9. The number of aromatic nitrogens is 4. The maximum Gasteiger partial charge on any atom is 0.276 e. The molecule has 1 aliphatic rings. The first-order chi connectivity index (χ1) is 10.1. The van der Waals surface area contributed by atoms with Crippen molar-refractivity contribution in [3.8, 4) is 0 Å². The van der Waals surface area contributed by atoms with Gasteiger partial charge in [-0.2, -0.15) is 0 Å². The van der Waals surface area contributed by atoms with Crippen molar-refractivity contribution in [3.63, 3.8) is 0 Å². The van der Waals surface area contributed by atoms with Crippen LogP contribution < -0.4 is 10.2 Å². The van der Waals surface area contributed by atoms with E-state index in [0.717, 1.165) is 24.4 Å². The number of rotatable bonds is 4. The summed E-state index contributed by atoms with van der Waals surface area (Å²) < 4.78 is 1.98. The molecule has 3 rings (SSSR count). The number of hydrogen-bond donors (Lipinski definition) is 1. The third kappa shape index (κ3) is 2.72. The van der Waals surface area contributed by atoms with Crippen molar-refractivity contribution in [2.45, 2.75) is 25.8 Å². The first-order valence-electron chi connectivity index (χ1n) is 6.92. The highest BCUT2D eigenvalue weighted by molar-refractivity contribution is 6.02. The van der Waals surface area contributed by atoms with Crippen LogP contribution in [0, 0.1) is 6.92 Å². The molecular weight excluding hydrogens is 268 g/mol. The van der Waals surface area contributed by atoms with Gasteiger partial charge in [0.25, 0.3) is 5.91 Å². The van der Waals surface area contributed by atoms with E-state index in [-0.39, 0.29) is 5.91 Å². The van der Waals surface area contributed by atoms with Gasteiger partial charge in [-0.25, -0.2) is 0 Å². The predicted molar refractivity (Wildman–Crippen MR) is 79.5 cm³/mol. The van der Waals surface area contributed by atoms with Crippen LogP contribution in [0.25, 0.3) is 0 Å². The zero-order valence-electron chi connectivity index (χ0n) is 12.4. The normalized spacial score (nSPS) is 14.0. The van der Waals surface area contributed by atoms with E-state index in [0.29, 0.717) is 17.7 Å². The van der Waals surface area contributed by atoms with Crippen molar-refractivity contribution in [2.75, 3.05) is 24.3 Å². The van der Waals surface area contributed by atoms with Gasteiger partial charge in [0.2, 0.25) is 5.95 Å². The Labute approximate surface area is 123 Å². The number of carbonyl (C=O) groups is 1. The molecule has 2 heterocycles. The Hall–Kier alpha value is -2.44. The zero-order chi connectivity index (χ0) is 15.0. The maximum atomic E-state index is 12.3. The number of nitrogens with one attached hydrogen (secondary N) is 1. The van der Waals surface area contributed by atoms with Crippen molar-refractivity contribution in [1.82, 2.24) is 19.7 Å². The summed E-state index contributed by atoms with van der Waals surface area (Å²) in [7, 11) is 3.84. The monoisotopic (exact) mass is 286 g/mol. The minimum absolute atomic E-state index is 0.270. The SMILES string of the molecule is Cc1nnc(NC(=O)c2cc(N(C)C)ccn2)n1C1CC1. The second-order valence-corrected chi connectivity index (χ2v) is 5.42. The molecule has 1 amide bonds. The van der Waals surface area contributed by atoms with E-state index in [1.165, 1.54) is 0 Å². The fourth-order valence-electron chi connectivity index (χ4n) is 2.21. The molecule has 1 saturated carbocycles. The molecule has 0 bridgehead atoms. The zero-order valence-corrected chi connectivity index (χ0v) is 12.4. The summed E-state index contributed by atoms with van der Waals surface area (Å²) in [6, 6.07) is 4.02. The average molecular weight is 286 g/mol. The van der Waals surface area contributed by atoms with Crippen molar-refractivity contribution in [2.24, 2.45) is 0 Å². The average Bonchev–Trinajstić information content (AvgIpc) is 3.24. The summed E-state index contributed by atoms with van der Waals surface area (Å²) in [6.07, 6.45) is 3.84. The second kappa shape index (κ2) is 5.16. The van der Waals surface area contributed by atoms with Crippen LogP contribution in [0.1, 0.15) is 35.2 Å². The minimum Gasteiger partial charge on any atom is -0.378 e. The van der Waals surface area contributed by atoms with E-state index in [9.17, 15) is 4.79 Å². The van der Waals surface area contributed by atoms with Crippen molar-refractivity contribution in [3.05, 3.63) is 29.8 Å². The number of pyridine rings is 1. The number of amides is 1. The molecule has 0 atom stereocenters. The summed E-state index contributed by atoms with van der Waals surface area (Å²) in [6.45, 7) is 1.89. The molecule has 2 aromatic heterocycles. The lowest BCUT2D eigenvalue weighted by molar-refractivity contribution is 0.102. The van der Waals surface area contributed by atoms with Crippen molar-refractivity contribution < 1.29 is 4.79 Å². The molecule has 0 saturated heterocycles. The molecule has 21 heavy (non-hydrogen) atoms. The molecule has 1 aliphatic carbocycles. The van der Waals surface area contributed by atoms with E-state index >= 15 is 0 Å². The van der Waals surface area contributed by atoms with Crippen LogP contribution in [0.2, 0.25) is 0 Å². The van der Waals surface area contributed by atoms with Gasteiger partial charge in [0.15, 0.2) is 0 Å². The van der Waals surface area contributed by atoms with Gasteiger partial charge in [0.1, 0.15) is 11.5 Å². The molecule has 7 heteroatoms. The fourth-order valence-corrected chi connectivity index (χ4v) is 2.21. The van der Waals surface area contributed by atoms with Gasteiger partial charge in [0, 0.05) is 32.0 Å². The smallest absolute Gasteiger partial charge is 0.276 e. The largest absolute Gasteiger partial charge is 0.378 e. The van der Waals surface area contributed by atoms with Crippen LogP contribution in [-0.4, -0.2) is 39.8 Å². The van der Waals surface area contributed by atoms with Gasteiger partial charge in [-0.1, -0.05) is 0 Å². The summed E-state index contributed by atoms with van der Waals surface area (Å²) in [5.74, 6) is 1.05. The molecule has 0 spiro atoms. The molecular formula is C14H18N6O. The number of anilines is 2. The molecule has 0 aliphatic heterocycles. The Balaban J connectivity index is 1.82. The third-order valence-corrected chi connectivity index (χ3v) is 3.50. The van der Waals surface area contributed by atoms with Crippen LogP contribution >= 0.6 is 0 Å². The first kappa shape index (κ1) is 13.5. The lowest BCUT2D eigenvalue weighted by atomic mass is 10.3. The topological polar surface area (TPSA) is 75.9 Å². The van der Waals surface area contributed by atoms with E-state index in [4.69, 9.17) is 0 Å². The quantitative estimate of drug-likeness (QED) is 0.924. The summed E-state index contributed by atoms with van der Waals surface area (Å²) >= 11 is 0. The molecule has 0 unspecified atom stereocenters. The molecule has 2 aromatic rings. The molecule has 0 aromatic carbocycles. The number of carbonyl (C=O) groups excluding carboxylic acids is 1. The first-order valence-corrected chi connectivity index (χ1v) is 6.92. The van der Waals surface area contributed by atoms with E-state index in [1.54, 1.807) is 12.3 Å². The molecule has 7 nitrogen and oxygen atoms in total. The molecule has 110 valence electrons. The Morgan fingerprint density at radius 3 is 2.81 bits per heavy atom. The number of nitrogens with zero attached hydrogens (tertiary/aromatic N) is 5. The number of aryl methyl sites for hydroxylation is 1. The second-order valence-electron chi connectivity index (χ2n) is 5.42. The summed E-state index contributed by atoms with van der Waals surface area (Å²) in [4.78, 5) is 18.4. The van der Waals surface area contributed by atoms with Gasteiger partial charge in [-0.15, -0.1) is 10.2 Å².